The van der Waals surface area contributed by atoms with Gasteiger partial charge in [-0.25, -0.2) is 9.97 Å². The van der Waals surface area contributed by atoms with Gasteiger partial charge in [-0.3, -0.25) is 4.90 Å². The average molecular weight is 362 g/mol. The van der Waals surface area contributed by atoms with Crippen molar-refractivity contribution in [2.24, 2.45) is 0 Å². The highest BCUT2D eigenvalue weighted by atomic mass is 19.4. The maximum atomic E-state index is 13.2. The van der Waals surface area contributed by atoms with E-state index in [4.69, 9.17) is 0 Å². The van der Waals surface area contributed by atoms with Gasteiger partial charge in [-0.2, -0.15) is 13.2 Å². The molecule has 0 N–H and O–H groups in total. The van der Waals surface area contributed by atoms with Crippen molar-refractivity contribution in [2.75, 3.05) is 18.0 Å². The fourth-order valence-electron chi connectivity index (χ4n) is 4.09. The van der Waals surface area contributed by atoms with Gasteiger partial charge in [-0.15, -0.1) is 0 Å². The molecule has 4 heterocycles. The number of aryl methyl sites for hydroxylation is 1. The first-order valence-electron chi connectivity index (χ1n) is 8.78. The standard InChI is InChI=1S/C19H21F3N4/c1-12-13(2)23-11-24-18(12)25-9-15-7-16(10-25)26(15)8-14-5-3-4-6-17(14)19(20,21)22/h3-6,11,15-16H,7-10H2,1-2H3. The summed E-state index contributed by atoms with van der Waals surface area (Å²) < 4.78 is 39.7. The molecule has 0 amide bonds. The van der Waals surface area contributed by atoms with Gasteiger partial charge in [0.15, 0.2) is 0 Å². The third-order valence-corrected chi connectivity index (χ3v) is 5.63. The fourth-order valence-corrected chi connectivity index (χ4v) is 4.09. The molecule has 1 aromatic heterocycles. The van der Waals surface area contributed by atoms with E-state index in [1.807, 2.05) is 13.8 Å². The van der Waals surface area contributed by atoms with Crippen LogP contribution in [0, 0.1) is 13.8 Å². The van der Waals surface area contributed by atoms with Crippen LogP contribution in [0.3, 0.4) is 0 Å². The van der Waals surface area contributed by atoms with Gasteiger partial charge >= 0.3 is 6.18 Å². The van der Waals surface area contributed by atoms with Crippen molar-refractivity contribution in [3.05, 3.63) is 53.0 Å². The van der Waals surface area contributed by atoms with Crippen molar-refractivity contribution in [3.8, 4) is 0 Å². The highest BCUT2D eigenvalue weighted by molar-refractivity contribution is 5.49. The summed E-state index contributed by atoms with van der Waals surface area (Å²) in [5, 5.41) is 0. The fraction of sp³-hybridized carbons (Fsp3) is 0.474. The lowest BCUT2D eigenvalue weighted by Crippen LogP contribution is -2.68. The third-order valence-electron chi connectivity index (χ3n) is 5.63. The predicted octanol–water partition coefficient (Wildman–Crippen LogP) is 3.58. The number of benzene rings is 1. The summed E-state index contributed by atoms with van der Waals surface area (Å²) in [4.78, 5) is 13.1. The Hall–Kier alpha value is -2.15. The van der Waals surface area contributed by atoms with E-state index < -0.39 is 11.7 Å². The number of anilines is 1. The summed E-state index contributed by atoms with van der Waals surface area (Å²) in [6.07, 6.45) is -1.69. The van der Waals surface area contributed by atoms with Crippen LogP contribution in [-0.4, -0.2) is 40.0 Å². The van der Waals surface area contributed by atoms with E-state index in [2.05, 4.69) is 19.8 Å². The van der Waals surface area contributed by atoms with Crippen LogP contribution >= 0.6 is 0 Å². The Labute approximate surface area is 150 Å². The van der Waals surface area contributed by atoms with Gasteiger partial charge in [-0.1, -0.05) is 18.2 Å². The zero-order chi connectivity index (χ0) is 18.5. The summed E-state index contributed by atoms with van der Waals surface area (Å²) in [6.45, 7) is 5.92. The smallest absolute Gasteiger partial charge is 0.353 e. The molecule has 0 saturated carbocycles. The van der Waals surface area contributed by atoms with Crippen molar-refractivity contribution < 1.29 is 13.2 Å². The van der Waals surface area contributed by atoms with Crippen LogP contribution in [0.15, 0.2) is 30.6 Å². The third kappa shape index (κ3) is 2.94. The Bertz CT molecular complexity index is 809. The highest BCUT2D eigenvalue weighted by Gasteiger charge is 2.46. The molecule has 7 heteroatoms. The van der Waals surface area contributed by atoms with Gasteiger partial charge < -0.3 is 4.90 Å². The minimum absolute atomic E-state index is 0.268. The SMILES string of the molecule is Cc1ncnc(N2CC3CC(C2)N3Cc2ccccc2C(F)(F)F)c1C. The predicted molar refractivity (Wildman–Crippen MR) is 92.9 cm³/mol. The number of rotatable bonds is 3. The monoisotopic (exact) mass is 362 g/mol. The van der Waals surface area contributed by atoms with Crippen molar-refractivity contribution >= 4 is 5.82 Å². The molecule has 2 bridgehead atoms. The number of fused-ring (bicyclic) bond motifs is 2. The lowest BCUT2D eigenvalue weighted by atomic mass is 9.86. The molecule has 2 unspecified atom stereocenters. The number of alkyl halides is 3. The van der Waals surface area contributed by atoms with Crippen LogP contribution < -0.4 is 4.90 Å². The lowest BCUT2D eigenvalue weighted by molar-refractivity contribution is -0.139. The molecular weight excluding hydrogens is 341 g/mol. The molecule has 5 rings (SSSR count). The quantitative estimate of drug-likeness (QED) is 0.836. The van der Waals surface area contributed by atoms with E-state index in [-0.39, 0.29) is 12.1 Å². The van der Waals surface area contributed by atoms with Gasteiger partial charge in [0, 0.05) is 43.0 Å². The Morgan fingerprint density at radius 3 is 2.46 bits per heavy atom. The van der Waals surface area contributed by atoms with Gasteiger partial charge in [0.25, 0.3) is 0 Å². The molecule has 3 aliphatic rings. The van der Waals surface area contributed by atoms with Crippen LogP contribution in [-0.2, 0) is 12.7 Å². The van der Waals surface area contributed by atoms with E-state index in [0.29, 0.717) is 12.1 Å². The number of halogens is 3. The summed E-state index contributed by atoms with van der Waals surface area (Å²) in [7, 11) is 0. The zero-order valence-corrected chi connectivity index (χ0v) is 14.8. The number of hydrogen-bond donors (Lipinski definition) is 0. The minimum atomic E-state index is -4.31. The number of piperidine rings is 1. The normalized spacial score (nSPS) is 23.0. The highest BCUT2D eigenvalue weighted by Crippen LogP contribution is 2.38. The second kappa shape index (κ2) is 6.23. The first-order chi connectivity index (χ1) is 12.3. The van der Waals surface area contributed by atoms with E-state index in [9.17, 15) is 13.2 Å². The Balaban J connectivity index is 1.50. The molecule has 2 aromatic rings. The average Bonchev–Trinajstić information content (AvgIpc) is 2.61. The lowest BCUT2D eigenvalue weighted by Gasteiger charge is -2.57. The molecule has 0 radical (unpaired) electrons. The summed E-state index contributed by atoms with van der Waals surface area (Å²) in [6, 6.07) is 6.43. The number of piperazine rings is 1. The van der Waals surface area contributed by atoms with Crippen LogP contribution in [0.4, 0.5) is 19.0 Å². The number of nitrogens with zero attached hydrogens (tertiary/aromatic N) is 4. The van der Waals surface area contributed by atoms with E-state index in [0.717, 1.165) is 36.6 Å². The van der Waals surface area contributed by atoms with Gasteiger partial charge in [0.1, 0.15) is 12.1 Å². The minimum Gasteiger partial charge on any atom is -0.353 e. The van der Waals surface area contributed by atoms with Crippen molar-refractivity contribution in [3.63, 3.8) is 0 Å². The molecule has 138 valence electrons. The van der Waals surface area contributed by atoms with Crippen molar-refractivity contribution in [2.45, 2.75) is 45.1 Å². The summed E-state index contributed by atoms with van der Waals surface area (Å²) >= 11 is 0. The summed E-state index contributed by atoms with van der Waals surface area (Å²) in [5.74, 6) is 0.947. The maximum absolute atomic E-state index is 13.2. The number of aromatic nitrogens is 2. The molecule has 0 spiro atoms. The molecular formula is C19H21F3N4. The largest absolute Gasteiger partial charge is 0.416 e. The van der Waals surface area contributed by atoms with Crippen molar-refractivity contribution in [1.82, 2.24) is 14.9 Å². The van der Waals surface area contributed by atoms with Gasteiger partial charge in [-0.05, 0) is 31.9 Å². The number of hydrogen-bond acceptors (Lipinski definition) is 4. The molecule has 1 aromatic carbocycles. The maximum Gasteiger partial charge on any atom is 0.416 e. The van der Waals surface area contributed by atoms with Crippen LogP contribution in [0.2, 0.25) is 0 Å². The Kier molecular flexibility index (Phi) is 4.14. The molecule has 4 nitrogen and oxygen atoms in total. The zero-order valence-electron chi connectivity index (χ0n) is 14.8. The topological polar surface area (TPSA) is 32.3 Å². The van der Waals surface area contributed by atoms with Crippen LogP contribution in [0.25, 0.3) is 0 Å². The first-order valence-corrected chi connectivity index (χ1v) is 8.78. The second-order valence-corrected chi connectivity index (χ2v) is 7.18. The van der Waals surface area contributed by atoms with E-state index >= 15 is 0 Å². The molecule has 3 saturated heterocycles. The Morgan fingerprint density at radius 1 is 1.08 bits per heavy atom. The Morgan fingerprint density at radius 2 is 1.77 bits per heavy atom. The van der Waals surface area contributed by atoms with Gasteiger partial charge in [0.2, 0.25) is 0 Å². The molecule has 26 heavy (non-hydrogen) atoms. The molecule has 2 atom stereocenters. The second-order valence-electron chi connectivity index (χ2n) is 7.18. The molecule has 3 aliphatic heterocycles. The first kappa shape index (κ1) is 17.3. The van der Waals surface area contributed by atoms with Crippen LogP contribution in [0.1, 0.15) is 28.8 Å². The van der Waals surface area contributed by atoms with E-state index in [1.165, 1.54) is 12.1 Å². The molecule has 3 fully saturated rings. The van der Waals surface area contributed by atoms with Crippen LogP contribution in [0.5, 0.6) is 0 Å². The van der Waals surface area contributed by atoms with Crippen molar-refractivity contribution in [1.29, 1.82) is 0 Å². The molecule has 0 aliphatic carbocycles. The summed E-state index contributed by atoms with van der Waals surface area (Å²) in [5.41, 5.74) is 1.87. The van der Waals surface area contributed by atoms with E-state index in [1.54, 1.807) is 18.5 Å². The van der Waals surface area contributed by atoms with Gasteiger partial charge in [0.05, 0.1) is 5.56 Å².